The summed E-state index contributed by atoms with van der Waals surface area (Å²) in [6, 6.07) is 3.32. The molecule has 0 fully saturated rings. The predicted octanol–water partition coefficient (Wildman–Crippen LogP) is 2.47. The summed E-state index contributed by atoms with van der Waals surface area (Å²) in [5.41, 5.74) is 1.39. The van der Waals surface area contributed by atoms with Crippen molar-refractivity contribution in [2.45, 2.75) is 6.92 Å². The summed E-state index contributed by atoms with van der Waals surface area (Å²) in [6.07, 6.45) is 0.786. The van der Waals surface area contributed by atoms with E-state index >= 15 is 0 Å². The summed E-state index contributed by atoms with van der Waals surface area (Å²) in [5, 5.41) is 0.528. The fraction of sp³-hybridized carbons (Fsp3) is 0.222. The average molecular weight is 185 g/mol. The van der Waals surface area contributed by atoms with Crippen LogP contribution in [-0.4, -0.2) is 13.4 Å². The van der Waals surface area contributed by atoms with Gasteiger partial charge in [-0.2, -0.15) is 0 Å². The Hall–Kier alpha value is -1.02. The molecule has 1 aromatic carbocycles. The molecule has 0 radical (unpaired) electrons. The first kappa shape index (κ1) is 9.07. The van der Waals surface area contributed by atoms with Crippen LogP contribution in [0.5, 0.6) is 5.75 Å². The molecule has 0 aromatic heterocycles. The highest BCUT2D eigenvalue weighted by atomic mass is 35.5. The Kier molecular flexibility index (Phi) is 2.71. The van der Waals surface area contributed by atoms with Crippen LogP contribution < -0.4 is 4.74 Å². The highest BCUT2D eigenvalue weighted by Gasteiger charge is 2.07. The first-order valence-corrected chi connectivity index (χ1v) is 3.86. The van der Waals surface area contributed by atoms with Crippen LogP contribution in [0.4, 0.5) is 0 Å². The van der Waals surface area contributed by atoms with Crippen molar-refractivity contribution in [3.63, 3.8) is 0 Å². The van der Waals surface area contributed by atoms with Gasteiger partial charge in [0.1, 0.15) is 12.0 Å². The van der Waals surface area contributed by atoms with Crippen LogP contribution in [-0.2, 0) is 0 Å². The first-order chi connectivity index (χ1) is 5.70. The van der Waals surface area contributed by atoms with E-state index in [1.807, 2.05) is 0 Å². The van der Waals surface area contributed by atoms with Crippen LogP contribution in [0.15, 0.2) is 12.1 Å². The number of carbonyl (C=O) groups excluding carboxylic acids is 1. The van der Waals surface area contributed by atoms with Crippen LogP contribution in [0, 0.1) is 6.92 Å². The number of halogens is 1. The number of ether oxygens (including phenoxy) is 1. The van der Waals surface area contributed by atoms with Crippen LogP contribution in [0.25, 0.3) is 0 Å². The maximum atomic E-state index is 10.5. The zero-order chi connectivity index (χ0) is 9.14. The summed E-state index contributed by atoms with van der Waals surface area (Å²) in [4.78, 5) is 10.5. The molecule has 0 bridgehead atoms. The van der Waals surface area contributed by atoms with Crippen molar-refractivity contribution >= 4 is 17.9 Å². The average Bonchev–Trinajstić information content (AvgIpc) is 2.06. The summed E-state index contributed by atoms with van der Waals surface area (Å²) in [6.45, 7) is 1.80. The van der Waals surface area contributed by atoms with Crippen LogP contribution in [0.1, 0.15) is 15.9 Å². The van der Waals surface area contributed by atoms with E-state index in [9.17, 15) is 4.79 Å². The minimum absolute atomic E-state index is 0.528. The van der Waals surface area contributed by atoms with E-state index in [-0.39, 0.29) is 0 Å². The fourth-order valence-corrected chi connectivity index (χ4v) is 1.33. The molecular weight excluding hydrogens is 176 g/mol. The number of hydrogen-bond acceptors (Lipinski definition) is 2. The van der Waals surface area contributed by atoms with Gasteiger partial charge in [0.2, 0.25) is 0 Å². The molecule has 12 heavy (non-hydrogen) atoms. The summed E-state index contributed by atoms with van der Waals surface area (Å²) >= 11 is 5.82. The van der Waals surface area contributed by atoms with Gasteiger partial charge in [0, 0.05) is 11.1 Å². The van der Waals surface area contributed by atoms with E-state index in [0.717, 1.165) is 11.8 Å². The molecule has 0 atom stereocenters. The van der Waals surface area contributed by atoms with E-state index in [2.05, 4.69) is 0 Å². The second-order valence-electron chi connectivity index (χ2n) is 2.41. The van der Waals surface area contributed by atoms with Gasteiger partial charge in [-0.05, 0) is 19.1 Å². The van der Waals surface area contributed by atoms with Gasteiger partial charge in [0.05, 0.1) is 12.1 Å². The SMILES string of the molecule is COc1c(Cl)ccc(C=O)c1C. The minimum Gasteiger partial charge on any atom is -0.495 e. The van der Waals surface area contributed by atoms with E-state index in [4.69, 9.17) is 16.3 Å². The lowest BCUT2D eigenvalue weighted by atomic mass is 10.1. The Labute approximate surface area is 76.1 Å². The summed E-state index contributed by atoms with van der Waals surface area (Å²) in [7, 11) is 1.53. The third-order valence-corrected chi connectivity index (χ3v) is 2.03. The molecule has 64 valence electrons. The van der Waals surface area contributed by atoms with Crippen molar-refractivity contribution in [3.8, 4) is 5.75 Å². The molecule has 0 spiro atoms. The Bertz CT molecular complexity index is 308. The summed E-state index contributed by atoms with van der Waals surface area (Å²) < 4.78 is 5.03. The first-order valence-electron chi connectivity index (χ1n) is 3.49. The molecule has 2 nitrogen and oxygen atoms in total. The van der Waals surface area contributed by atoms with Gasteiger partial charge in [0.15, 0.2) is 0 Å². The molecule has 0 aliphatic heterocycles. The lowest BCUT2D eigenvalue weighted by Gasteiger charge is -2.07. The van der Waals surface area contributed by atoms with Gasteiger partial charge >= 0.3 is 0 Å². The Morgan fingerprint density at radius 2 is 2.17 bits per heavy atom. The Morgan fingerprint density at radius 3 is 2.67 bits per heavy atom. The molecule has 3 heteroatoms. The largest absolute Gasteiger partial charge is 0.495 e. The van der Waals surface area contributed by atoms with Crippen molar-refractivity contribution in [2.75, 3.05) is 7.11 Å². The Morgan fingerprint density at radius 1 is 1.50 bits per heavy atom. The summed E-state index contributed by atoms with van der Waals surface area (Å²) in [5.74, 6) is 0.571. The molecule has 0 heterocycles. The maximum Gasteiger partial charge on any atom is 0.150 e. The van der Waals surface area contributed by atoms with Crippen LogP contribution in [0.2, 0.25) is 5.02 Å². The molecule has 1 rings (SSSR count). The van der Waals surface area contributed by atoms with Crippen LogP contribution in [0.3, 0.4) is 0 Å². The molecule has 0 saturated carbocycles. The molecule has 0 aliphatic rings. The number of aldehydes is 1. The lowest BCUT2D eigenvalue weighted by molar-refractivity contribution is 0.112. The number of benzene rings is 1. The third kappa shape index (κ3) is 1.43. The quantitative estimate of drug-likeness (QED) is 0.660. The minimum atomic E-state index is 0.528. The van der Waals surface area contributed by atoms with E-state index in [0.29, 0.717) is 16.3 Å². The Balaban J connectivity index is 3.33. The topological polar surface area (TPSA) is 26.3 Å². The van der Waals surface area contributed by atoms with E-state index in [1.165, 1.54) is 7.11 Å². The number of methoxy groups -OCH3 is 1. The smallest absolute Gasteiger partial charge is 0.150 e. The number of rotatable bonds is 2. The molecule has 1 aromatic rings. The van der Waals surface area contributed by atoms with Gasteiger partial charge in [-0.1, -0.05) is 11.6 Å². The molecule has 0 aliphatic carbocycles. The van der Waals surface area contributed by atoms with E-state index in [1.54, 1.807) is 19.1 Å². The van der Waals surface area contributed by atoms with Crippen LogP contribution >= 0.6 is 11.6 Å². The fourth-order valence-electron chi connectivity index (χ4n) is 1.05. The highest BCUT2D eigenvalue weighted by molar-refractivity contribution is 6.32. The van der Waals surface area contributed by atoms with Gasteiger partial charge in [-0.3, -0.25) is 4.79 Å². The van der Waals surface area contributed by atoms with Gasteiger partial charge < -0.3 is 4.74 Å². The number of hydrogen-bond donors (Lipinski definition) is 0. The van der Waals surface area contributed by atoms with Crippen molar-refractivity contribution < 1.29 is 9.53 Å². The van der Waals surface area contributed by atoms with Gasteiger partial charge in [0.25, 0.3) is 0 Å². The lowest BCUT2D eigenvalue weighted by Crippen LogP contribution is -1.93. The monoisotopic (exact) mass is 184 g/mol. The molecule has 0 unspecified atom stereocenters. The number of carbonyl (C=O) groups is 1. The normalized spacial score (nSPS) is 9.58. The molecule has 0 amide bonds. The third-order valence-electron chi connectivity index (χ3n) is 1.73. The standard InChI is InChI=1S/C9H9ClO2/c1-6-7(5-11)3-4-8(10)9(6)12-2/h3-5H,1-2H3. The van der Waals surface area contributed by atoms with E-state index < -0.39 is 0 Å². The maximum absolute atomic E-state index is 10.5. The zero-order valence-corrected chi connectivity index (χ0v) is 7.68. The van der Waals surface area contributed by atoms with Gasteiger partial charge in [-0.25, -0.2) is 0 Å². The molecule has 0 N–H and O–H groups in total. The van der Waals surface area contributed by atoms with Crippen molar-refractivity contribution in [2.24, 2.45) is 0 Å². The highest BCUT2D eigenvalue weighted by Crippen LogP contribution is 2.29. The van der Waals surface area contributed by atoms with Gasteiger partial charge in [-0.15, -0.1) is 0 Å². The van der Waals surface area contributed by atoms with Crippen molar-refractivity contribution in [3.05, 3.63) is 28.3 Å². The second kappa shape index (κ2) is 3.59. The van der Waals surface area contributed by atoms with Crippen molar-refractivity contribution in [1.82, 2.24) is 0 Å². The zero-order valence-electron chi connectivity index (χ0n) is 6.93. The predicted molar refractivity (Wildman–Crippen MR) is 48.1 cm³/mol. The molecule has 0 saturated heterocycles. The molecular formula is C9H9ClO2. The second-order valence-corrected chi connectivity index (χ2v) is 2.82. The van der Waals surface area contributed by atoms with Crippen molar-refractivity contribution in [1.29, 1.82) is 0 Å².